The van der Waals surface area contributed by atoms with Crippen LogP contribution >= 0.6 is 0 Å². The maximum absolute atomic E-state index is 9.90. The van der Waals surface area contributed by atoms with Crippen molar-refractivity contribution in [2.75, 3.05) is 14.2 Å². The van der Waals surface area contributed by atoms with Gasteiger partial charge in [-0.3, -0.25) is 9.98 Å². The van der Waals surface area contributed by atoms with Crippen molar-refractivity contribution < 1.29 is 29.0 Å². The van der Waals surface area contributed by atoms with Gasteiger partial charge in [0.05, 0.1) is 43.0 Å². The Morgan fingerprint density at radius 3 is 1.60 bits per heavy atom. The van der Waals surface area contributed by atoms with E-state index in [-0.39, 0.29) is 19.5 Å². The van der Waals surface area contributed by atoms with Gasteiger partial charge in [-0.05, 0) is 128 Å². The fourth-order valence-electron chi connectivity index (χ4n) is 11.3. The Kier molecular flexibility index (Phi) is 16.5. The number of allylic oxidation sites excluding steroid dienone is 4. The van der Waals surface area contributed by atoms with Gasteiger partial charge < -0.3 is 19.4 Å². The van der Waals surface area contributed by atoms with Crippen LogP contribution in [0, 0.1) is 34.5 Å². The van der Waals surface area contributed by atoms with E-state index in [1.807, 2.05) is 36.4 Å². The van der Waals surface area contributed by atoms with Gasteiger partial charge in [0.25, 0.3) is 0 Å². The SMILES string of the molecule is COc1ccc(/C(=C2\C=C(C#N)C(C3CCCCC3)=N2)c2ccc(C3CCCCC3)[n-]2)cc1.COc1ccc(/C(=C2\C=CC(C3CCCCC3)=N2)c2cc(C#N)c(C3CCCCC3)[n-]2)cc1.[Zn+2]. The molecule has 8 nitrogen and oxygen atoms in total. The van der Waals surface area contributed by atoms with Crippen molar-refractivity contribution in [3.63, 3.8) is 0 Å². The molecule has 4 fully saturated rings. The van der Waals surface area contributed by atoms with Gasteiger partial charge in [-0.25, -0.2) is 0 Å². The molecule has 2 aliphatic heterocycles. The Balaban J connectivity index is 0.000000179. The standard InChI is InChI=1S/2C29H32N3O.Zn/c2*1-33-24-14-12-21(13-15-24)28(26-17-16-25(31-26)20-8-4-2-5-9-20)27-18-23(19-30)29(32-27)22-10-6-3-7-11-22;/h2*12-18,20,22H,2-11H2,1H3;/q2*-1;+2/b28-27-;28-26-;. The first-order valence-corrected chi connectivity index (χ1v) is 25.0. The zero-order valence-electron chi connectivity index (χ0n) is 39.7. The smallest absolute Gasteiger partial charge is 0.661 e. The second-order valence-corrected chi connectivity index (χ2v) is 19.2. The van der Waals surface area contributed by atoms with Crippen LogP contribution in [-0.2, 0) is 19.5 Å². The van der Waals surface area contributed by atoms with Gasteiger partial charge in [0.15, 0.2) is 0 Å². The molecular weight excluding hydrogens is 878 g/mol. The first-order chi connectivity index (χ1) is 32.5. The number of hydrogen-bond acceptors (Lipinski definition) is 6. The molecule has 0 spiro atoms. The number of aliphatic imine (C=N–C) groups is 2. The van der Waals surface area contributed by atoms with E-state index in [1.54, 1.807) is 14.2 Å². The molecular formula is C58H64N6O2Zn. The molecule has 10 rings (SSSR count). The molecule has 0 N–H and O–H groups in total. The average Bonchev–Trinajstić information content (AvgIpc) is 4.24. The largest absolute Gasteiger partial charge is 2.00 e. The summed E-state index contributed by atoms with van der Waals surface area (Å²) in [6.45, 7) is 0. The van der Waals surface area contributed by atoms with Crippen molar-refractivity contribution in [3.05, 3.63) is 141 Å². The van der Waals surface area contributed by atoms with E-state index < -0.39 is 0 Å². The van der Waals surface area contributed by atoms with E-state index >= 15 is 0 Å². The molecule has 4 aliphatic carbocycles. The van der Waals surface area contributed by atoms with Crippen LogP contribution < -0.4 is 19.4 Å². The minimum atomic E-state index is 0. The number of ether oxygens (including phenoxy) is 2. The van der Waals surface area contributed by atoms with Crippen LogP contribution in [-0.4, -0.2) is 25.6 Å². The van der Waals surface area contributed by atoms with Crippen LogP contribution in [0.5, 0.6) is 11.5 Å². The summed E-state index contributed by atoms with van der Waals surface area (Å²) in [5.41, 5.74) is 13.6. The number of aromatic nitrogens is 2. The zero-order valence-corrected chi connectivity index (χ0v) is 42.7. The number of hydrogen-bond donors (Lipinski definition) is 0. The molecule has 2 aromatic carbocycles. The molecule has 4 saturated carbocycles. The molecule has 0 unspecified atom stereocenters. The van der Waals surface area contributed by atoms with Crippen LogP contribution in [0.15, 0.2) is 112 Å². The molecule has 0 radical (unpaired) electrons. The van der Waals surface area contributed by atoms with Gasteiger partial charge >= 0.3 is 19.5 Å². The van der Waals surface area contributed by atoms with Gasteiger partial charge in [0, 0.05) is 23.1 Å². The zero-order chi connectivity index (χ0) is 45.2. The minimum absolute atomic E-state index is 0. The van der Waals surface area contributed by atoms with Crippen LogP contribution in [0.4, 0.5) is 0 Å². The fourth-order valence-corrected chi connectivity index (χ4v) is 11.3. The quantitative estimate of drug-likeness (QED) is 0.146. The molecule has 2 aromatic heterocycles. The third-order valence-corrected chi connectivity index (χ3v) is 15.0. The summed E-state index contributed by atoms with van der Waals surface area (Å²) >= 11 is 0. The summed E-state index contributed by atoms with van der Waals surface area (Å²) in [7, 11) is 3.37. The van der Waals surface area contributed by atoms with Gasteiger partial charge in [-0.2, -0.15) is 16.2 Å². The molecule has 0 atom stereocenters. The fraction of sp³-hybridized carbons (Fsp3) is 0.448. The molecule has 6 aliphatic rings. The van der Waals surface area contributed by atoms with Crippen LogP contribution in [0.3, 0.4) is 0 Å². The van der Waals surface area contributed by atoms with E-state index in [0.29, 0.717) is 23.7 Å². The van der Waals surface area contributed by atoms with Crippen molar-refractivity contribution in [2.45, 2.75) is 140 Å². The van der Waals surface area contributed by atoms with Crippen LogP contribution in [0.25, 0.3) is 11.1 Å². The Morgan fingerprint density at radius 1 is 0.537 bits per heavy atom. The molecule has 4 aromatic rings. The first kappa shape index (κ1) is 48.0. The molecule has 0 amide bonds. The molecule has 4 heterocycles. The molecule has 67 heavy (non-hydrogen) atoms. The molecule has 9 heteroatoms. The number of nitriles is 2. The second-order valence-electron chi connectivity index (χ2n) is 19.2. The summed E-state index contributed by atoms with van der Waals surface area (Å²) in [6, 6.07) is 27.4. The Labute approximate surface area is 411 Å². The van der Waals surface area contributed by atoms with Gasteiger partial charge in [0.2, 0.25) is 0 Å². The third kappa shape index (κ3) is 11.1. The number of nitrogens with zero attached hydrogens (tertiary/aromatic N) is 6. The summed E-state index contributed by atoms with van der Waals surface area (Å²) in [6.07, 6.45) is 31.1. The van der Waals surface area contributed by atoms with E-state index in [2.05, 4.69) is 60.7 Å². The minimum Gasteiger partial charge on any atom is -0.661 e. The van der Waals surface area contributed by atoms with E-state index in [4.69, 9.17) is 29.4 Å². The molecule has 0 saturated heterocycles. The van der Waals surface area contributed by atoms with Crippen molar-refractivity contribution in [2.24, 2.45) is 21.8 Å². The summed E-state index contributed by atoms with van der Waals surface area (Å²) in [5.74, 6) is 3.56. The van der Waals surface area contributed by atoms with E-state index in [9.17, 15) is 10.5 Å². The second kappa shape index (κ2) is 23.0. The Morgan fingerprint density at radius 2 is 1.06 bits per heavy atom. The molecule has 0 bridgehead atoms. The predicted molar refractivity (Wildman–Crippen MR) is 265 cm³/mol. The van der Waals surface area contributed by atoms with E-state index in [0.717, 1.165) is 105 Å². The monoisotopic (exact) mass is 940 g/mol. The number of methoxy groups -OCH3 is 2. The normalized spacial score (nSPS) is 20.9. The Bertz CT molecular complexity index is 2600. The summed E-state index contributed by atoms with van der Waals surface area (Å²) in [4.78, 5) is 20.4. The van der Waals surface area contributed by atoms with Crippen molar-refractivity contribution >= 4 is 22.6 Å². The van der Waals surface area contributed by atoms with Crippen molar-refractivity contribution in [1.82, 2.24) is 9.97 Å². The average molecular weight is 943 g/mol. The predicted octanol–water partition coefficient (Wildman–Crippen LogP) is 13.9. The van der Waals surface area contributed by atoms with Gasteiger partial charge in [-0.1, -0.05) is 120 Å². The number of benzene rings is 2. The first-order valence-electron chi connectivity index (χ1n) is 25.0. The van der Waals surface area contributed by atoms with Crippen LogP contribution in [0.1, 0.15) is 180 Å². The topological polar surface area (TPSA) is 119 Å². The van der Waals surface area contributed by atoms with Crippen LogP contribution in [0.2, 0.25) is 0 Å². The van der Waals surface area contributed by atoms with E-state index in [1.165, 1.54) is 114 Å². The maximum atomic E-state index is 9.90. The van der Waals surface area contributed by atoms with Gasteiger partial charge in [0.1, 0.15) is 17.6 Å². The number of rotatable bonds is 10. The molecule has 340 valence electrons. The Hall–Kier alpha value is -5.50. The summed E-state index contributed by atoms with van der Waals surface area (Å²) < 4.78 is 10.8. The summed E-state index contributed by atoms with van der Waals surface area (Å²) in [5, 5.41) is 19.8. The van der Waals surface area contributed by atoms with Gasteiger partial charge in [-0.15, -0.1) is 17.1 Å². The van der Waals surface area contributed by atoms with Crippen molar-refractivity contribution in [1.29, 1.82) is 10.5 Å². The van der Waals surface area contributed by atoms with Crippen molar-refractivity contribution in [3.8, 4) is 23.6 Å². The third-order valence-electron chi connectivity index (χ3n) is 15.0. The maximum Gasteiger partial charge on any atom is 2.00 e.